The van der Waals surface area contributed by atoms with E-state index < -0.39 is 0 Å². The summed E-state index contributed by atoms with van der Waals surface area (Å²) in [5, 5.41) is 2.90. The Kier molecular flexibility index (Phi) is 3.40. The highest BCUT2D eigenvalue weighted by atomic mass is 16.1. The summed E-state index contributed by atoms with van der Waals surface area (Å²) in [6.45, 7) is 2.75. The highest BCUT2D eigenvalue weighted by molar-refractivity contribution is 5.75. The van der Waals surface area contributed by atoms with E-state index in [1.165, 1.54) is 0 Å². The molecule has 1 amide bonds. The van der Waals surface area contributed by atoms with Crippen molar-refractivity contribution in [3.05, 3.63) is 29.6 Å². The second kappa shape index (κ2) is 4.57. The second-order valence-corrected chi connectivity index (χ2v) is 2.84. The highest BCUT2D eigenvalue weighted by Crippen LogP contribution is 2.01. The van der Waals surface area contributed by atoms with Gasteiger partial charge in [0.1, 0.15) is 0 Å². The fraction of sp³-hybridized carbons (Fsp3) is 0.333. The molecule has 0 atom stereocenters. The van der Waals surface area contributed by atoms with Crippen LogP contribution in [0.5, 0.6) is 0 Å². The normalized spacial score (nSPS) is 9.92. The molecule has 1 heterocycles. The minimum Gasteiger partial charge on any atom is -0.369 e. The summed E-state index contributed by atoms with van der Waals surface area (Å²) in [6.07, 6.45) is 1.73. The van der Waals surface area contributed by atoms with Crippen LogP contribution in [0.4, 0.5) is 0 Å². The molecule has 0 aliphatic heterocycles. The monoisotopic (exact) mass is 179 g/mol. The fourth-order valence-corrected chi connectivity index (χ4v) is 1.01. The Morgan fingerprint density at radius 2 is 2.46 bits per heavy atom. The molecule has 1 rings (SSSR count). The maximum Gasteiger partial charge on any atom is 0.231 e. The van der Waals surface area contributed by atoms with E-state index in [9.17, 15) is 4.79 Å². The number of nitrogens with one attached hydrogen (secondary N) is 1. The Hall–Kier alpha value is -1.42. The van der Waals surface area contributed by atoms with Gasteiger partial charge in [-0.15, -0.1) is 0 Å². The first-order valence-electron chi connectivity index (χ1n) is 4.09. The van der Waals surface area contributed by atoms with E-state index >= 15 is 0 Å². The lowest BCUT2D eigenvalue weighted by Crippen LogP contribution is -2.28. The van der Waals surface area contributed by atoms with Gasteiger partial charge in [-0.25, -0.2) is 0 Å². The molecule has 0 fully saturated rings. The molecule has 0 unspecified atom stereocenters. The minimum absolute atomic E-state index is 0.190. The van der Waals surface area contributed by atoms with Crippen molar-refractivity contribution in [1.29, 1.82) is 0 Å². The highest BCUT2D eigenvalue weighted by Gasteiger charge is 1.98. The van der Waals surface area contributed by atoms with Gasteiger partial charge in [-0.1, -0.05) is 6.07 Å². The van der Waals surface area contributed by atoms with E-state index in [1.54, 1.807) is 6.20 Å². The van der Waals surface area contributed by atoms with Crippen molar-refractivity contribution in [2.75, 3.05) is 6.54 Å². The van der Waals surface area contributed by atoms with E-state index in [0.29, 0.717) is 6.54 Å². The van der Waals surface area contributed by atoms with Crippen LogP contribution in [0.15, 0.2) is 18.3 Å². The summed E-state index contributed by atoms with van der Waals surface area (Å²) >= 11 is 0. The molecule has 0 aliphatic rings. The molecule has 0 aromatic carbocycles. The van der Waals surface area contributed by atoms with Crippen molar-refractivity contribution in [3.8, 4) is 0 Å². The minimum atomic E-state index is -0.353. The number of nitrogens with two attached hydrogens (primary N) is 1. The number of nitrogens with zero attached hydrogens (tertiary/aromatic N) is 1. The summed E-state index contributed by atoms with van der Waals surface area (Å²) < 4.78 is 0. The molecule has 0 radical (unpaired) electrons. The molecule has 13 heavy (non-hydrogen) atoms. The molecular weight excluding hydrogens is 166 g/mol. The Morgan fingerprint density at radius 1 is 1.69 bits per heavy atom. The van der Waals surface area contributed by atoms with E-state index in [2.05, 4.69) is 10.3 Å². The lowest BCUT2D eigenvalue weighted by Gasteiger charge is -2.04. The Labute approximate surface area is 77.2 Å². The van der Waals surface area contributed by atoms with E-state index in [0.717, 1.165) is 11.3 Å². The van der Waals surface area contributed by atoms with Gasteiger partial charge in [0.05, 0.1) is 12.2 Å². The maximum absolute atomic E-state index is 10.4. The molecule has 70 valence electrons. The summed E-state index contributed by atoms with van der Waals surface area (Å²) in [4.78, 5) is 14.6. The third kappa shape index (κ3) is 3.21. The number of primary amides is 1. The van der Waals surface area contributed by atoms with Crippen molar-refractivity contribution >= 4 is 5.91 Å². The van der Waals surface area contributed by atoms with E-state index in [4.69, 9.17) is 5.73 Å². The molecule has 0 spiro atoms. The maximum atomic E-state index is 10.4. The number of carbonyl (C=O) groups excluding carboxylic acids is 1. The zero-order chi connectivity index (χ0) is 9.68. The van der Waals surface area contributed by atoms with E-state index in [1.807, 2.05) is 19.1 Å². The topological polar surface area (TPSA) is 68.0 Å². The lowest BCUT2D eigenvalue weighted by atomic mass is 10.2. The summed E-state index contributed by atoms with van der Waals surface area (Å²) in [6, 6.07) is 3.86. The fourth-order valence-electron chi connectivity index (χ4n) is 1.01. The zero-order valence-corrected chi connectivity index (χ0v) is 7.58. The molecule has 0 aliphatic carbocycles. The van der Waals surface area contributed by atoms with Crippen LogP contribution in [-0.2, 0) is 11.3 Å². The van der Waals surface area contributed by atoms with Crippen molar-refractivity contribution in [2.24, 2.45) is 5.73 Å². The predicted octanol–water partition coefficient (Wildman–Crippen LogP) is -0.0351. The number of amides is 1. The first-order valence-corrected chi connectivity index (χ1v) is 4.09. The lowest BCUT2D eigenvalue weighted by molar-refractivity contribution is -0.117. The van der Waals surface area contributed by atoms with Gasteiger partial charge in [-0.05, 0) is 18.6 Å². The van der Waals surface area contributed by atoms with Gasteiger partial charge in [0.25, 0.3) is 0 Å². The smallest absolute Gasteiger partial charge is 0.231 e. The number of hydrogen-bond acceptors (Lipinski definition) is 3. The van der Waals surface area contributed by atoms with Crippen molar-refractivity contribution in [1.82, 2.24) is 10.3 Å². The first kappa shape index (κ1) is 9.67. The van der Waals surface area contributed by atoms with Crippen LogP contribution in [0, 0.1) is 6.92 Å². The van der Waals surface area contributed by atoms with Crippen LogP contribution in [0.1, 0.15) is 11.3 Å². The van der Waals surface area contributed by atoms with Crippen LogP contribution in [0.25, 0.3) is 0 Å². The quantitative estimate of drug-likeness (QED) is 0.681. The molecule has 4 nitrogen and oxygen atoms in total. The van der Waals surface area contributed by atoms with Crippen LogP contribution in [0.2, 0.25) is 0 Å². The van der Waals surface area contributed by atoms with Gasteiger partial charge in [0.2, 0.25) is 5.91 Å². The van der Waals surface area contributed by atoms with Gasteiger partial charge < -0.3 is 11.1 Å². The number of pyridine rings is 1. The van der Waals surface area contributed by atoms with Crippen LogP contribution in [-0.4, -0.2) is 17.4 Å². The Morgan fingerprint density at radius 3 is 3.08 bits per heavy atom. The Bertz CT molecular complexity index is 299. The molecular formula is C9H13N3O. The summed E-state index contributed by atoms with van der Waals surface area (Å²) in [7, 11) is 0. The molecule has 3 N–H and O–H groups in total. The van der Waals surface area contributed by atoms with Crippen LogP contribution in [0.3, 0.4) is 0 Å². The van der Waals surface area contributed by atoms with Gasteiger partial charge in [0.15, 0.2) is 0 Å². The number of aryl methyl sites for hydroxylation is 1. The third-order valence-electron chi connectivity index (χ3n) is 1.71. The number of hydrogen-bond donors (Lipinski definition) is 2. The third-order valence-corrected chi connectivity index (χ3v) is 1.71. The molecule has 1 aromatic rings. The largest absolute Gasteiger partial charge is 0.369 e. The van der Waals surface area contributed by atoms with Crippen molar-refractivity contribution < 1.29 is 4.79 Å². The van der Waals surface area contributed by atoms with Crippen LogP contribution >= 0.6 is 0 Å². The molecule has 0 bridgehead atoms. The van der Waals surface area contributed by atoms with Gasteiger partial charge >= 0.3 is 0 Å². The molecule has 1 aromatic heterocycles. The zero-order valence-electron chi connectivity index (χ0n) is 7.58. The Balaban J connectivity index is 2.45. The second-order valence-electron chi connectivity index (χ2n) is 2.84. The van der Waals surface area contributed by atoms with E-state index in [-0.39, 0.29) is 12.5 Å². The predicted molar refractivity (Wildman–Crippen MR) is 49.9 cm³/mol. The van der Waals surface area contributed by atoms with Gasteiger partial charge in [-0.3, -0.25) is 9.78 Å². The first-order chi connectivity index (χ1) is 6.20. The SMILES string of the molecule is Cc1cccnc1CNCC(N)=O. The average Bonchev–Trinajstić information content (AvgIpc) is 2.08. The van der Waals surface area contributed by atoms with Crippen molar-refractivity contribution in [3.63, 3.8) is 0 Å². The standard InChI is InChI=1S/C9H13N3O/c1-7-3-2-4-12-8(7)5-11-6-9(10)13/h2-4,11H,5-6H2,1H3,(H2,10,13). The van der Waals surface area contributed by atoms with Gasteiger partial charge in [0, 0.05) is 12.7 Å². The summed E-state index contributed by atoms with van der Waals surface area (Å²) in [5.74, 6) is -0.353. The number of aromatic nitrogens is 1. The number of rotatable bonds is 4. The molecule has 4 heteroatoms. The van der Waals surface area contributed by atoms with Crippen molar-refractivity contribution in [2.45, 2.75) is 13.5 Å². The number of carbonyl (C=O) groups is 1. The molecule has 0 saturated heterocycles. The summed E-state index contributed by atoms with van der Waals surface area (Å²) in [5.41, 5.74) is 7.03. The average molecular weight is 179 g/mol. The van der Waals surface area contributed by atoms with Crippen LogP contribution < -0.4 is 11.1 Å². The van der Waals surface area contributed by atoms with Gasteiger partial charge in [-0.2, -0.15) is 0 Å². The molecule has 0 saturated carbocycles.